The highest BCUT2D eigenvalue weighted by molar-refractivity contribution is 7.86. The lowest BCUT2D eigenvalue weighted by atomic mass is 9.77. The van der Waals surface area contributed by atoms with Gasteiger partial charge in [0.15, 0.2) is 11.5 Å². The lowest BCUT2D eigenvalue weighted by molar-refractivity contribution is -0.154. The number of rotatable bonds is 19. The van der Waals surface area contributed by atoms with E-state index in [0.29, 0.717) is 12.2 Å². The van der Waals surface area contributed by atoms with E-state index in [2.05, 4.69) is 6.92 Å². The first-order valence-electron chi connectivity index (χ1n) is 13.6. The van der Waals surface area contributed by atoms with Crippen LogP contribution in [0.1, 0.15) is 123 Å². The van der Waals surface area contributed by atoms with Crippen LogP contribution in [0.25, 0.3) is 0 Å². The zero-order valence-corrected chi connectivity index (χ0v) is 23.5. The van der Waals surface area contributed by atoms with Gasteiger partial charge >= 0.3 is 5.97 Å². The van der Waals surface area contributed by atoms with Crippen LogP contribution in [0.15, 0.2) is 18.2 Å². The van der Waals surface area contributed by atoms with Gasteiger partial charge in [-0.2, -0.15) is 8.42 Å². The maximum Gasteiger partial charge on any atom is 0.311 e. The van der Waals surface area contributed by atoms with Gasteiger partial charge in [0.05, 0.1) is 17.3 Å². The SMILES string of the molecule is CCCCCCCCCCCCOC(=O)C(C)(C)CC(CC(CC)S(=O)(=O)O)c1ccc(O)c(O)c1. The predicted molar refractivity (Wildman–Crippen MR) is 144 cm³/mol. The number of carbonyl (C=O) groups excluding carboxylic acids is 1. The number of unbranched alkanes of at least 4 members (excludes halogenated alkanes) is 9. The maximum atomic E-state index is 12.9. The lowest BCUT2D eigenvalue weighted by Gasteiger charge is -2.30. The number of phenolic OH excluding ortho intramolecular Hbond substituents is 2. The minimum absolute atomic E-state index is 0.0781. The van der Waals surface area contributed by atoms with Crippen molar-refractivity contribution >= 4 is 16.1 Å². The van der Waals surface area contributed by atoms with Crippen LogP contribution in [0, 0.1) is 5.41 Å². The van der Waals surface area contributed by atoms with Gasteiger partial charge in [-0.15, -0.1) is 0 Å². The molecule has 0 fully saturated rings. The Bertz CT molecular complexity index is 880. The fourth-order valence-corrected chi connectivity index (χ4v) is 5.49. The summed E-state index contributed by atoms with van der Waals surface area (Å²) in [5.41, 5.74) is -0.322. The van der Waals surface area contributed by atoms with Crippen molar-refractivity contribution in [3.05, 3.63) is 23.8 Å². The summed E-state index contributed by atoms with van der Waals surface area (Å²) >= 11 is 0. The van der Waals surface area contributed by atoms with E-state index in [1.54, 1.807) is 26.8 Å². The molecule has 2 unspecified atom stereocenters. The van der Waals surface area contributed by atoms with Gasteiger partial charge in [0.1, 0.15) is 0 Å². The Balaban J connectivity index is 2.64. The molecule has 0 aliphatic heterocycles. The summed E-state index contributed by atoms with van der Waals surface area (Å²) in [7, 11) is -4.27. The topological polar surface area (TPSA) is 121 Å². The zero-order valence-electron chi connectivity index (χ0n) is 22.7. The predicted octanol–water partition coefficient (Wildman–Crippen LogP) is 7.12. The van der Waals surface area contributed by atoms with Gasteiger partial charge in [-0.1, -0.05) is 77.7 Å². The maximum absolute atomic E-state index is 12.9. The summed E-state index contributed by atoms with van der Waals surface area (Å²) in [6, 6.07) is 4.31. The molecule has 0 aliphatic rings. The van der Waals surface area contributed by atoms with Crippen molar-refractivity contribution in [2.24, 2.45) is 5.41 Å². The number of hydrogen-bond acceptors (Lipinski definition) is 6. The zero-order chi connectivity index (χ0) is 27.2. The van der Waals surface area contributed by atoms with Crippen molar-refractivity contribution < 1.29 is 32.7 Å². The average molecular weight is 529 g/mol. The van der Waals surface area contributed by atoms with Gasteiger partial charge in [0, 0.05) is 0 Å². The quantitative estimate of drug-likeness (QED) is 0.0756. The molecule has 0 aliphatic carbocycles. The number of esters is 1. The summed E-state index contributed by atoms with van der Waals surface area (Å²) in [6.45, 7) is 7.77. The monoisotopic (exact) mass is 528 g/mol. The summed E-state index contributed by atoms with van der Waals surface area (Å²) in [4.78, 5) is 12.9. The molecule has 0 saturated carbocycles. The molecule has 1 rings (SSSR count). The Morgan fingerprint density at radius 3 is 1.97 bits per heavy atom. The lowest BCUT2D eigenvalue weighted by Crippen LogP contribution is -2.31. The molecular weight excluding hydrogens is 480 g/mol. The van der Waals surface area contributed by atoms with Crippen LogP contribution in [0.3, 0.4) is 0 Å². The van der Waals surface area contributed by atoms with Crippen LogP contribution < -0.4 is 0 Å². The smallest absolute Gasteiger partial charge is 0.311 e. The molecule has 36 heavy (non-hydrogen) atoms. The summed E-state index contributed by atoms with van der Waals surface area (Å²) in [5, 5.41) is 18.6. The van der Waals surface area contributed by atoms with Gasteiger partial charge in [0.25, 0.3) is 10.1 Å². The number of aromatic hydroxyl groups is 2. The van der Waals surface area contributed by atoms with Crippen molar-refractivity contribution in [1.29, 1.82) is 0 Å². The highest BCUT2D eigenvalue weighted by Crippen LogP contribution is 2.39. The van der Waals surface area contributed by atoms with Gasteiger partial charge in [-0.05, 0) is 63.1 Å². The number of carbonyl (C=O) groups is 1. The first-order valence-corrected chi connectivity index (χ1v) is 15.1. The van der Waals surface area contributed by atoms with Gasteiger partial charge in [-0.25, -0.2) is 0 Å². The standard InChI is InChI=1S/C28H48O7S/c1-5-7-8-9-10-11-12-13-14-15-18-35-27(31)28(3,4)21-23(19-24(6-2)36(32,33)34)22-16-17-25(29)26(30)20-22/h16-17,20,23-24,29-30H,5-15,18-19,21H2,1-4H3,(H,32,33,34). The van der Waals surface area contributed by atoms with Gasteiger partial charge in [0.2, 0.25) is 0 Å². The van der Waals surface area contributed by atoms with Crippen LogP contribution >= 0.6 is 0 Å². The van der Waals surface area contributed by atoms with Crippen molar-refractivity contribution in [3.8, 4) is 11.5 Å². The molecule has 7 nitrogen and oxygen atoms in total. The molecule has 0 spiro atoms. The minimum Gasteiger partial charge on any atom is -0.504 e. The van der Waals surface area contributed by atoms with E-state index in [-0.39, 0.29) is 36.7 Å². The van der Waals surface area contributed by atoms with E-state index in [1.807, 2.05) is 0 Å². The molecule has 208 valence electrons. The second kappa shape index (κ2) is 16.1. The summed E-state index contributed by atoms with van der Waals surface area (Å²) in [5.74, 6) is -1.41. The Labute approximate surface area is 218 Å². The van der Waals surface area contributed by atoms with Crippen LogP contribution in [-0.2, 0) is 19.6 Å². The molecule has 0 aromatic heterocycles. The summed E-state index contributed by atoms with van der Waals surface area (Å²) < 4.78 is 38.9. The second-order valence-corrected chi connectivity index (χ2v) is 12.3. The van der Waals surface area contributed by atoms with E-state index in [0.717, 1.165) is 19.3 Å². The number of benzene rings is 1. The average Bonchev–Trinajstić information content (AvgIpc) is 2.80. The molecule has 1 aromatic carbocycles. The van der Waals surface area contributed by atoms with E-state index in [9.17, 15) is 28.0 Å². The van der Waals surface area contributed by atoms with Crippen molar-refractivity contribution in [2.45, 2.75) is 122 Å². The van der Waals surface area contributed by atoms with Gasteiger partial charge < -0.3 is 14.9 Å². The van der Waals surface area contributed by atoms with E-state index in [1.165, 1.54) is 57.1 Å². The second-order valence-electron chi connectivity index (χ2n) is 10.6. The Morgan fingerprint density at radius 2 is 1.47 bits per heavy atom. The first-order chi connectivity index (χ1) is 16.9. The van der Waals surface area contributed by atoms with Gasteiger partial charge in [-0.3, -0.25) is 9.35 Å². The molecule has 1 aromatic rings. The largest absolute Gasteiger partial charge is 0.504 e. The van der Waals surface area contributed by atoms with Crippen LogP contribution in [0.4, 0.5) is 0 Å². The molecule has 0 amide bonds. The Hall–Kier alpha value is -1.80. The number of ether oxygens (including phenoxy) is 1. The Morgan fingerprint density at radius 1 is 0.917 bits per heavy atom. The highest BCUT2D eigenvalue weighted by atomic mass is 32.2. The number of phenols is 2. The third-order valence-corrected chi connectivity index (χ3v) is 8.30. The third kappa shape index (κ3) is 12.0. The van der Waals surface area contributed by atoms with E-state index >= 15 is 0 Å². The van der Waals surface area contributed by atoms with Crippen LogP contribution in [0.2, 0.25) is 0 Å². The molecule has 0 radical (unpaired) electrons. The van der Waals surface area contributed by atoms with E-state index in [4.69, 9.17) is 4.74 Å². The molecule has 3 N–H and O–H groups in total. The van der Waals surface area contributed by atoms with Crippen molar-refractivity contribution in [2.75, 3.05) is 6.61 Å². The van der Waals surface area contributed by atoms with Crippen molar-refractivity contribution in [1.82, 2.24) is 0 Å². The summed E-state index contributed by atoms with van der Waals surface area (Å²) in [6.07, 6.45) is 12.5. The van der Waals surface area contributed by atoms with E-state index < -0.39 is 26.7 Å². The third-order valence-electron chi connectivity index (χ3n) is 6.94. The number of hydrogen-bond donors (Lipinski definition) is 3. The molecular formula is C28H48O7S. The molecule has 2 atom stereocenters. The molecule has 0 saturated heterocycles. The van der Waals surface area contributed by atoms with Crippen molar-refractivity contribution in [3.63, 3.8) is 0 Å². The Kier molecular flexibility index (Phi) is 14.4. The normalized spacial score (nSPS) is 13.9. The molecule has 8 heteroatoms. The fourth-order valence-electron chi connectivity index (χ4n) is 4.60. The van der Waals surface area contributed by atoms with Crippen LogP contribution in [0.5, 0.6) is 11.5 Å². The molecule has 0 bridgehead atoms. The first kappa shape index (κ1) is 32.2. The minimum atomic E-state index is -4.27. The van der Waals surface area contributed by atoms with Crippen LogP contribution in [-0.4, -0.2) is 41.0 Å². The highest BCUT2D eigenvalue weighted by Gasteiger charge is 2.36. The molecule has 0 heterocycles. The fraction of sp³-hybridized carbons (Fsp3) is 0.750.